The maximum Gasteiger partial charge on any atom is 0.289 e. The number of amides is 1. The van der Waals surface area contributed by atoms with Gasteiger partial charge in [-0.05, 0) is 35.4 Å². The van der Waals surface area contributed by atoms with E-state index in [0.29, 0.717) is 31.9 Å². The predicted octanol–water partition coefficient (Wildman–Crippen LogP) is 5.36. The van der Waals surface area contributed by atoms with Crippen molar-refractivity contribution in [3.63, 3.8) is 0 Å². The molecule has 2 heterocycles. The molecule has 12 heteroatoms. The van der Waals surface area contributed by atoms with E-state index in [-0.39, 0.29) is 41.4 Å². The minimum atomic E-state index is -4.23. The van der Waals surface area contributed by atoms with Gasteiger partial charge in [-0.25, -0.2) is 8.42 Å². The van der Waals surface area contributed by atoms with Crippen LogP contribution in [-0.2, 0) is 21.4 Å². The number of halogens is 1. The van der Waals surface area contributed by atoms with Crippen molar-refractivity contribution in [3.05, 3.63) is 129 Å². The van der Waals surface area contributed by atoms with Crippen LogP contribution < -0.4 is 0 Å². The molecule has 224 valence electrons. The molecule has 1 amide bonds. The summed E-state index contributed by atoms with van der Waals surface area (Å²) < 4.78 is 33.7. The highest BCUT2D eigenvalue weighted by Crippen LogP contribution is 2.31. The van der Waals surface area contributed by atoms with Crippen LogP contribution in [0.2, 0.25) is 5.02 Å². The molecule has 10 nitrogen and oxygen atoms in total. The maximum absolute atomic E-state index is 13.6. The number of nitro groups is 1. The average Bonchev–Trinajstić information content (AvgIpc) is 3.54. The molecule has 0 saturated carbocycles. The first kappa shape index (κ1) is 30.4. The summed E-state index contributed by atoms with van der Waals surface area (Å²) in [7, 11) is -4.23. The molecule has 1 aliphatic rings. The molecule has 0 atom stereocenters. The largest absolute Gasteiger partial charge is 0.468 e. The van der Waals surface area contributed by atoms with Crippen LogP contribution in [0.3, 0.4) is 0 Å². The lowest BCUT2D eigenvalue weighted by Crippen LogP contribution is -2.50. The molecule has 1 aromatic heterocycles. The Morgan fingerprint density at radius 2 is 1.56 bits per heavy atom. The van der Waals surface area contributed by atoms with E-state index < -0.39 is 20.6 Å². The summed E-state index contributed by atoms with van der Waals surface area (Å²) >= 11 is 5.91. The Bertz CT molecular complexity index is 1600. The number of furan rings is 1. The van der Waals surface area contributed by atoms with E-state index in [9.17, 15) is 23.3 Å². The van der Waals surface area contributed by atoms with Crippen molar-refractivity contribution in [2.45, 2.75) is 23.9 Å². The van der Waals surface area contributed by atoms with Crippen LogP contribution in [0.5, 0.6) is 0 Å². The molecule has 0 unspecified atom stereocenters. The minimum Gasteiger partial charge on any atom is -0.468 e. The van der Waals surface area contributed by atoms with Gasteiger partial charge in [0.1, 0.15) is 10.8 Å². The highest BCUT2D eigenvalue weighted by Gasteiger charge is 2.31. The van der Waals surface area contributed by atoms with E-state index in [4.69, 9.17) is 16.0 Å². The molecule has 1 fully saturated rings. The van der Waals surface area contributed by atoms with Crippen molar-refractivity contribution in [3.8, 4) is 0 Å². The molecule has 4 aromatic rings. The van der Waals surface area contributed by atoms with Crippen molar-refractivity contribution in [1.82, 2.24) is 14.1 Å². The normalized spacial score (nSPS) is 14.3. The van der Waals surface area contributed by atoms with Crippen LogP contribution in [0.25, 0.3) is 0 Å². The van der Waals surface area contributed by atoms with Gasteiger partial charge in [0.25, 0.3) is 5.69 Å². The topological polar surface area (TPSA) is 117 Å². The first-order valence-corrected chi connectivity index (χ1v) is 15.6. The number of hydrogen-bond acceptors (Lipinski definition) is 7. The van der Waals surface area contributed by atoms with Crippen LogP contribution >= 0.6 is 11.6 Å². The fraction of sp³-hybridized carbons (Fsp3) is 0.258. The van der Waals surface area contributed by atoms with Gasteiger partial charge in [0.15, 0.2) is 0 Å². The van der Waals surface area contributed by atoms with E-state index in [0.717, 1.165) is 10.4 Å². The number of nitrogens with zero attached hydrogens (tertiary/aromatic N) is 4. The van der Waals surface area contributed by atoms with Crippen LogP contribution in [0.1, 0.15) is 29.3 Å². The fourth-order valence-corrected chi connectivity index (χ4v) is 6.91. The highest BCUT2D eigenvalue weighted by atomic mass is 35.5. The molecule has 1 saturated heterocycles. The molecule has 0 aliphatic carbocycles. The zero-order valence-electron chi connectivity index (χ0n) is 23.3. The van der Waals surface area contributed by atoms with E-state index in [1.54, 1.807) is 17.0 Å². The van der Waals surface area contributed by atoms with E-state index in [1.807, 2.05) is 36.4 Å². The van der Waals surface area contributed by atoms with Gasteiger partial charge in [0.2, 0.25) is 15.9 Å². The van der Waals surface area contributed by atoms with Gasteiger partial charge in [-0.2, -0.15) is 4.31 Å². The van der Waals surface area contributed by atoms with Crippen LogP contribution in [0, 0.1) is 10.1 Å². The first-order chi connectivity index (χ1) is 20.7. The Labute approximate surface area is 255 Å². The molecule has 43 heavy (non-hydrogen) atoms. The van der Waals surface area contributed by atoms with Crippen molar-refractivity contribution < 1.29 is 22.6 Å². The summed E-state index contributed by atoms with van der Waals surface area (Å²) in [5.41, 5.74) is 1.84. The molecular formula is C31H31ClN4O6S. The Hall–Kier alpha value is -4.03. The fourth-order valence-electron chi connectivity index (χ4n) is 5.30. The smallest absolute Gasteiger partial charge is 0.289 e. The number of piperazine rings is 1. The number of rotatable bonds is 11. The zero-order valence-corrected chi connectivity index (χ0v) is 24.9. The van der Waals surface area contributed by atoms with Gasteiger partial charge in [-0.15, -0.1) is 0 Å². The van der Waals surface area contributed by atoms with Crippen LogP contribution in [0.4, 0.5) is 5.69 Å². The van der Waals surface area contributed by atoms with Crippen LogP contribution in [0.15, 0.2) is 107 Å². The second kappa shape index (κ2) is 13.5. The SMILES string of the molecule is O=C(CCN(Cc1ccco1)S(=O)(=O)c1ccc(Cl)c([N+](=O)[O-])c1)N1CCN(C(c2ccccc2)c2ccccc2)CC1. The minimum absolute atomic E-state index is 0.0528. The van der Waals surface area contributed by atoms with Crippen molar-refractivity contribution in [1.29, 1.82) is 0 Å². The van der Waals surface area contributed by atoms with E-state index in [2.05, 4.69) is 29.2 Å². The number of benzene rings is 3. The summed E-state index contributed by atoms with van der Waals surface area (Å²) in [6, 6.07) is 27.2. The van der Waals surface area contributed by atoms with Crippen LogP contribution in [-0.4, -0.2) is 66.1 Å². The van der Waals surface area contributed by atoms with Gasteiger partial charge in [0.05, 0.1) is 28.7 Å². The van der Waals surface area contributed by atoms with E-state index >= 15 is 0 Å². The number of sulfonamides is 1. The van der Waals surface area contributed by atoms with Crippen molar-refractivity contribution in [2.24, 2.45) is 0 Å². The average molecular weight is 623 g/mol. The monoisotopic (exact) mass is 622 g/mol. The third-order valence-electron chi connectivity index (χ3n) is 7.50. The number of nitro benzene ring substituents is 1. The van der Waals surface area contributed by atoms with Gasteiger partial charge in [0, 0.05) is 45.2 Å². The number of hydrogen-bond donors (Lipinski definition) is 0. The lowest BCUT2D eigenvalue weighted by Gasteiger charge is -2.40. The van der Waals surface area contributed by atoms with Crippen molar-refractivity contribution in [2.75, 3.05) is 32.7 Å². The second-order valence-corrected chi connectivity index (χ2v) is 12.5. The number of carbonyl (C=O) groups excluding carboxylic acids is 1. The summed E-state index contributed by atoms with van der Waals surface area (Å²) in [5.74, 6) is 0.207. The Morgan fingerprint density at radius 1 is 0.930 bits per heavy atom. The van der Waals surface area contributed by atoms with Gasteiger partial charge in [-0.3, -0.25) is 19.8 Å². The lowest BCUT2D eigenvalue weighted by atomic mass is 9.96. The Kier molecular flexibility index (Phi) is 9.56. The standard InChI is InChI=1S/C31H31ClN4O6S/c32-28-14-13-27(22-29(28)36(38)39)43(40,41)35(23-26-12-7-21-42-26)16-15-30(37)33-17-19-34(20-18-33)31(24-8-3-1-4-9-24)25-10-5-2-6-11-25/h1-14,21-22,31H,15-20,23H2. The Morgan fingerprint density at radius 3 is 2.12 bits per heavy atom. The number of carbonyl (C=O) groups is 1. The lowest BCUT2D eigenvalue weighted by molar-refractivity contribution is -0.384. The molecule has 0 radical (unpaired) electrons. The zero-order chi connectivity index (χ0) is 30.4. The third-order valence-corrected chi connectivity index (χ3v) is 9.66. The molecular weight excluding hydrogens is 592 g/mol. The van der Waals surface area contributed by atoms with E-state index in [1.165, 1.54) is 29.5 Å². The quantitative estimate of drug-likeness (QED) is 0.163. The summed E-state index contributed by atoms with van der Waals surface area (Å²) in [6.45, 7) is 2.05. The second-order valence-electron chi connectivity index (χ2n) is 10.2. The summed E-state index contributed by atoms with van der Waals surface area (Å²) in [4.78, 5) is 27.8. The third kappa shape index (κ3) is 7.14. The summed E-state index contributed by atoms with van der Waals surface area (Å²) in [6.07, 6.45) is 1.37. The molecule has 0 spiro atoms. The molecule has 3 aromatic carbocycles. The first-order valence-electron chi connectivity index (χ1n) is 13.8. The van der Waals surface area contributed by atoms with Gasteiger partial charge < -0.3 is 9.32 Å². The maximum atomic E-state index is 13.6. The Balaban J connectivity index is 1.28. The van der Waals surface area contributed by atoms with Gasteiger partial charge >= 0.3 is 0 Å². The predicted molar refractivity (Wildman–Crippen MR) is 162 cm³/mol. The van der Waals surface area contributed by atoms with Gasteiger partial charge in [-0.1, -0.05) is 72.3 Å². The van der Waals surface area contributed by atoms with Crippen molar-refractivity contribution >= 4 is 33.2 Å². The molecule has 5 rings (SSSR count). The summed E-state index contributed by atoms with van der Waals surface area (Å²) in [5, 5.41) is 11.2. The molecule has 1 aliphatic heterocycles. The molecule has 0 N–H and O–H groups in total. The molecule has 0 bridgehead atoms. The highest BCUT2D eigenvalue weighted by molar-refractivity contribution is 7.89.